The summed E-state index contributed by atoms with van der Waals surface area (Å²) in [5.41, 5.74) is 7.57. The summed E-state index contributed by atoms with van der Waals surface area (Å²) < 4.78 is 0. The van der Waals surface area contributed by atoms with E-state index in [0.29, 0.717) is 6.54 Å². The highest BCUT2D eigenvalue weighted by atomic mass is 32.1. The number of benzene rings is 1. The fourth-order valence-electron chi connectivity index (χ4n) is 1.62. The smallest absolute Gasteiger partial charge is 0.236 e. The molecule has 0 aliphatic heterocycles. The third-order valence-electron chi connectivity index (χ3n) is 2.67. The second kappa shape index (κ2) is 6.45. The predicted octanol–water partition coefficient (Wildman–Crippen LogP) is 1.82. The summed E-state index contributed by atoms with van der Waals surface area (Å²) in [7, 11) is 0. The van der Waals surface area contributed by atoms with Crippen LogP contribution in [-0.2, 0) is 11.2 Å². The number of aromatic nitrogens is 1. The molecule has 1 amide bonds. The van der Waals surface area contributed by atoms with E-state index in [4.69, 9.17) is 5.73 Å². The molecule has 0 radical (unpaired) electrons. The summed E-state index contributed by atoms with van der Waals surface area (Å²) in [6, 6.07) is 9.60. The van der Waals surface area contributed by atoms with E-state index in [9.17, 15) is 4.79 Å². The molecule has 3 N–H and O–H groups in total. The standard InChI is InChI=1S/C14H17N3OS/c1-10(15)14(18)16-8-7-13-17-12(9-19-13)11-5-3-2-4-6-11/h2-6,9-10H,7-8,15H2,1H3,(H,16,18). The van der Waals surface area contributed by atoms with Crippen molar-refractivity contribution < 1.29 is 4.79 Å². The number of rotatable bonds is 5. The lowest BCUT2D eigenvalue weighted by molar-refractivity contribution is -0.121. The van der Waals surface area contributed by atoms with Crippen molar-refractivity contribution in [1.82, 2.24) is 10.3 Å². The molecule has 100 valence electrons. The van der Waals surface area contributed by atoms with Crippen molar-refractivity contribution in [3.05, 3.63) is 40.7 Å². The zero-order chi connectivity index (χ0) is 13.7. The zero-order valence-corrected chi connectivity index (χ0v) is 11.6. The van der Waals surface area contributed by atoms with E-state index >= 15 is 0 Å². The van der Waals surface area contributed by atoms with Gasteiger partial charge in [-0.1, -0.05) is 30.3 Å². The first-order chi connectivity index (χ1) is 9.16. The summed E-state index contributed by atoms with van der Waals surface area (Å²) in [6.45, 7) is 2.24. The Balaban J connectivity index is 1.90. The molecule has 0 spiro atoms. The highest BCUT2D eigenvalue weighted by Crippen LogP contribution is 2.21. The van der Waals surface area contributed by atoms with Gasteiger partial charge in [0.2, 0.25) is 5.91 Å². The number of nitrogens with two attached hydrogens (primary N) is 1. The molecule has 1 atom stereocenters. The van der Waals surface area contributed by atoms with Crippen LogP contribution in [0.15, 0.2) is 35.7 Å². The zero-order valence-electron chi connectivity index (χ0n) is 10.8. The van der Waals surface area contributed by atoms with Crippen molar-refractivity contribution in [3.8, 4) is 11.3 Å². The maximum Gasteiger partial charge on any atom is 0.236 e. The maximum atomic E-state index is 11.3. The lowest BCUT2D eigenvalue weighted by atomic mass is 10.2. The molecule has 1 unspecified atom stereocenters. The molecule has 2 aromatic rings. The van der Waals surface area contributed by atoms with Crippen molar-refractivity contribution in [2.75, 3.05) is 6.54 Å². The Morgan fingerprint density at radius 1 is 1.42 bits per heavy atom. The van der Waals surface area contributed by atoms with E-state index in [1.165, 1.54) is 0 Å². The van der Waals surface area contributed by atoms with Crippen molar-refractivity contribution in [1.29, 1.82) is 0 Å². The van der Waals surface area contributed by atoms with Crippen LogP contribution in [0.5, 0.6) is 0 Å². The van der Waals surface area contributed by atoms with Gasteiger partial charge in [-0.3, -0.25) is 4.79 Å². The lowest BCUT2D eigenvalue weighted by Crippen LogP contribution is -2.39. The first-order valence-corrected chi connectivity index (χ1v) is 7.08. The van der Waals surface area contributed by atoms with Gasteiger partial charge < -0.3 is 11.1 Å². The number of carbonyl (C=O) groups excluding carboxylic acids is 1. The topological polar surface area (TPSA) is 68.0 Å². The molecule has 19 heavy (non-hydrogen) atoms. The fourth-order valence-corrected chi connectivity index (χ4v) is 2.43. The predicted molar refractivity (Wildman–Crippen MR) is 77.9 cm³/mol. The molecule has 1 heterocycles. The largest absolute Gasteiger partial charge is 0.354 e. The molecule has 0 saturated carbocycles. The number of amides is 1. The first-order valence-electron chi connectivity index (χ1n) is 6.20. The lowest BCUT2D eigenvalue weighted by Gasteiger charge is -2.05. The van der Waals surface area contributed by atoms with Crippen molar-refractivity contribution in [2.45, 2.75) is 19.4 Å². The van der Waals surface area contributed by atoms with Crippen LogP contribution in [0.1, 0.15) is 11.9 Å². The van der Waals surface area contributed by atoms with Crippen LogP contribution in [0.2, 0.25) is 0 Å². The number of carbonyl (C=O) groups is 1. The Morgan fingerprint density at radius 3 is 2.84 bits per heavy atom. The van der Waals surface area contributed by atoms with Crippen molar-refractivity contribution in [2.24, 2.45) is 5.73 Å². The van der Waals surface area contributed by atoms with E-state index in [-0.39, 0.29) is 5.91 Å². The summed E-state index contributed by atoms with van der Waals surface area (Å²) in [5.74, 6) is -0.125. The van der Waals surface area contributed by atoms with Crippen LogP contribution in [0.4, 0.5) is 0 Å². The molecule has 0 aliphatic rings. The van der Waals surface area contributed by atoms with Gasteiger partial charge in [0.15, 0.2) is 0 Å². The Hall–Kier alpha value is -1.72. The Labute approximate surface area is 116 Å². The third-order valence-corrected chi connectivity index (χ3v) is 3.58. The Kier molecular flexibility index (Phi) is 4.65. The van der Waals surface area contributed by atoms with Crippen LogP contribution in [0, 0.1) is 0 Å². The summed E-state index contributed by atoms with van der Waals surface area (Å²) in [6.07, 6.45) is 0.732. The molecule has 2 rings (SSSR count). The monoisotopic (exact) mass is 275 g/mol. The van der Waals surface area contributed by atoms with Crippen LogP contribution in [-0.4, -0.2) is 23.5 Å². The average Bonchev–Trinajstić information content (AvgIpc) is 2.88. The van der Waals surface area contributed by atoms with E-state index in [2.05, 4.69) is 10.3 Å². The van der Waals surface area contributed by atoms with Gasteiger partial charge in [0.25, 0.3) is 0 Å². The second-order valence-electron chi connectivity index (χ2n) is 4.32. The van der Waals surface area contributed by atoms with E-state index in [0.717, 1.165) is 22.7 Å². The average molecular weight is 275 g/mol. The highest BCUT2D eigenvalue weighted by molar-refractivity contribution is 7.09. The Bertz CT molecular complexity index is 537. The third kappa shape index (κ3) is 3.87. The number of nitrogens with zero attached hydrogens (tertiary/aromatic N) is 1. The van der Waals surface area contributed by atoms with Gasteiger partial charge in [-0.25, -0.2) is 4.98 Å². The summed E-state index contributed by atoms with van der Waals surface area (Å²) in [5, 5.41) is 5.84. The number of nitrogens with one attached hydrogen (secondary N) is 1. The SMILES string of the molecule is CC(N)C(=O)NCCc1nc(-c2ccccc2)cs1. The van der Waals surface area contributed by atoms with Gasteiger partial charge in [0.05, 0.1) is 16.7 Å². The van der Waals surface area contributed by atoms with Gasteiger partial charge >= 0.3 is 0 Å². The fraction of sp³-hybridized carbons (Fsp3) is 0.286. The minimum atomic E-state index is -0.462. The van der Waals surface area contributed by atoms with E-state index in [1.54, 1.807) is 18.3 Å². The maximum absolute atomic E-state index is 11.3. The molecule has 0 aliphatic carbocycles. The molecule has 0 fully saturated rings. The summed E-state index contributed by atoms with van der Waals surface area (Å²) in [4.78, 5) is 15.9. The van der Waals surface area contributed by atoms with Crippen molar-refractivity contribution >= 4 is 17.2 Å². The molecule has 0 bridgehead atoms. The number of hydrogen-bond acceptors (Lipinski definition) is 4. The molecule has 0 saturated heterocycles. The molecule has 4 nitrogen and oxygen atoms in total. The number of thiazole rings is 1. The number of hydrogen-bond donors (Lipinski definition) is 2. The van der Waals surface area contributed by atoms with Crippen molar-refractivity contribution in [3.63, 3.8) is 0 Å². The highest BCUT2D eigenvalue weighted by Gasteiger charge is 2.07. The van der Waals surface area contributed by atoms with Crippen LogP contribution < -0.4 is 11.1 Å². The molecular formula is C14H17N3OS. The van der Waals surface area contributed by atoms with E-state index < -0.39 is 6.04 Å². The molecule has 1 aromatic heterocycles. The Morgan fingerprint density at radius 2 is 2.16 bits per heavy atom. The quantitative estimate of drug-likeness (QED) is 0.874. The van der Waals surface area contributed by atoms with Crippen LogP contribution in [0.3, 0.4) is 0 Å². The minimum Gasteiger partial charge on any atom is -0.354 e. The second-order valence-corrected chi connectivity index (χ2v) is 5.26. The normalized spacial score (nSPS) is 12.1. The van der Waals surface area contributed by atoms with Crippen LogP contribution in [0.25, 0.3) is 11.3 Å². The van der Waals surface area contributed by atoms with Gasteiger partial charge in [-0.2, -0.15) is 0 Å². The van der Waals surface area contributed by atoms with Gasteiger partial charge in [-0.15, -0.1) is 11.3 Å². The molecule has 5 heteroatoms. The van der Waals surface area contributed by atoms with Crippen LogP contribution >= 0.6 is 11.3 Å². The first kappa shape index (κ1) is 13.7. The van der Waals surface area contributed by atoms with E-state index in [1.807, 2.05) is 35.7 Å². The molecular weight excluding hydrogens is 258 g/mol. The summed E-state index contributed by atoms with van der Waals surface area (Å²) >= 11 is 1.61. The van der Waals surface area contributed by atoms with Gasteiger partial charge in [0, 0.05) is 23.9 Å². The van der Waals surface area contributed by atoms with Gasteiger partial charge in [-0.05, 0) is 6.92 Å². The van der Waals surface area contributed by atoms with Gasteiger partial charge in [0.1, 0.15) is 0 Å². The molecule has 1 aromatic carbocycles. The minimum absolute atomic E-state index is 0.125.